The van der Waals surface area contributed by atoms with E-state index in [0.29, 0.717) is 18.0 Å². The van der Waals surface area contributed by atoms with Crippen molar-refractivity contribution in [1.82, 2.24) is 9.88 Å². The Labute approximate surface area is 382 Å². The summed E-state index contributed by atoms with van der Waals surface area (Å²) in [5.41, 5.74) is 14.0. The standard InChI is InChI=1S/C60H68N4/c1-38(2)50-46-28-20-19-23-40(46)34-48-52(50)57(6,7)53-54(48)61-37-64-55(53)51-47-31-30-43(56(3,4)5)33-41(47)29-32-49(51)58(8)59(64,9)60(58)62(44-24-15-11-16-25-44)35-42(39-21-13-10-14-22-39)36-63(60)45-26-17-12-18-27-45/h10,13-14,19-23,28-38,44-45H,11-12,15-18,24-27H2,1-9H3/q+2. The van der Waals surface area contributed by atoms with Gasteiger partial charge in [0.15, 0.2) is 18.0 Å². The summed E-state index contributed by atoms with van der Waals surface area (Å²) in [7, 11) is 0. The van der Waals surface area contributed by atoms with Crippen molar-refractivity contribution in [3.63, 3.8) is 0 Å². The predicted octanol–water partition coefficient (Wildman–Crippen LogP) is 13.9. The van der Waals surface area contributed by atoms with Gasteiger partial charge in [-0.05, 0) is 111 Å². The van der Waals surface area contributed by atoms with Gasteiger partial charge in [0.25, 0.3) is 12.0 Å². The van der Waals surface area contributed by atoms with E-state index >= 15 is 0 Å². The van der Waals surface area contributed by atoms with Crippen molar-refractivity contribution < 1.29 is 9.14 Å². The molecule has 0 radical (unpaired) electrons. The van der Waals surface area contributed by atoms with Crippen LogP contribution in [0.3, 0.4) is 0 Å². The van der Waals surface area contributed by atoms with Crippen LogP contribution in [0.15, 0.2) is 104 Å². The van der Waals surface area contributed by atoms with E-state index < -0.39 is 0 Å². The Hall–Kier alpha value is -5.09. The third-order valence-corrected chi connectivity index (χ3v) is 18.0. The van der Waals surface area contributed by atoms with Crippen LogP contribution in [-0.2, 0) is 21.8 Å². The summed E-state index contributed by atoms with van der Waals surface area (Å²) in [4.78, 5) is 8.78. The minimum atomic E-state index is -0.352. The number of nitrogens with zero attached hydrogens (tertiary/aromatic N) is 4. The van der Waals surface area contributed by atoms with E-state index in [0.717, 1.165) is 0 Å². The summed E-state index contributed by atoms with van der Waals surface area (Å²) >= 11 is 0. The molecule has 0 N–H and O–H groups in total. The first kappa shape index (κ1) is 40.4. The molecule has 4 heteroatoms. The van der Waals surface area contributed by atoms with E-state index in [1.54, 1.807) is 0 Å². The molecule has 4 aliphatic carbocycles. The van der Waals surface area contributed by atoms with Crippen LogP contribution in [-0.4, -0.2) is 38.4 Å². The van der Waals surface area contributed by atoms with Crippen LogP contribution in [0.4, 0.5) is 0 Å². The minimum absolute atomic E-state index is 0.0492. The Balaban J connectivity index is 1.21. The fourth-order valence-electron chi connectivity index (χ4n) is 14.9. The molecule has 1 aromatic heterocycles. The molecule has 0 saturated heterocycles. The van der Waals surface area contributed by atoms with Gasteiger partial charge in [-0.15, -0.1) is 0 Å². The van der Waals surface area contributed by atoms with Crippen LogP contribution in [0.25, 0.3) is 49.6 Å². The molecule has 3 atom stereocenters. The van der Waals surface area contributed by atoms with Crippen LogP contribution in [0.1, 0.15) is 166 Å². The molecule has 3 saturated carbocycles. The molecule has 6 aliphatic rings. The summed E-state index contributed by atoms with van der Waals surface area (Å²) in [6, 6.07) is 36.3. The van der Waals surface area contributed by atoms with Crippen molar-refractivity contribution in [3.8, 4) is 22.5 Å². The van der Waals surface area contributed by atoms with Gasteiger partial charge in [0.1, 0.15) is 11.1 Å². The summed E-state index contributed by atoms with van der Waals surface area (Å²) in [6.07, 6.45) is 20.4. The SMILES string of the molecule is CC(C)c1c2c(cc3ccccc13)-c1nc[n+]3c(c1C2(C)C)-c1c(ccc2cc(C(C)(C)C)ccc12)C1(C)C2(N(C4CCCCC4)C=C(c4ccccc4)C=[N+]2C2CCCCC2)C31C. The molecule has 4 nitrogen and oxygen atoms in total. The number of allylic oxidation sites excluding steroid dienone is 1. The second kappa shape index (κ2) is 13.7. The maximum Gasteiger partial charge on any atom is 0.297 e. The third-order valence-electron chi connectivity index (χ3n) is 18.0. The summed E-state index contributed by atoms with van der Waals surface area (Å²) in [5.74, 6) is 0.366. The van der Waals surface area contributed by atoms with Crippen molar-refractivity contribution in [2.45, 2.75) is 172 Å². The second-order valence-electron chi connectivity index (χ2n) is 22.9. The lowest BCUT2D eigenvalue weighted by Gasteiger charge is -2.43. The highest BCUT2D eigenvalue weighted by molar-refractivity contribution is 6.08. The quantitative estimate of drug-likeness (QED) is 0.165. The average molecular weight is 845 g/mol. The van der Waals surface area contributed by atoms with E-state index in [9.17, 15) is 0 Å². The van der Waals surface area contributed by atoms with E-state index in [2.05, 4.69) is 186 Å². The Kier molecular flexibility index (Phi) is 8.67. The van der Waals surface area contributed by atoms with Gasteiger partial charge < -0.3 is 4.90 Å². The molecule has 3 heterocycles. The molecular weight excluding hydrogens is 777 g/mol. The Morgan fingerprint density at radius 2 is 1.41 bits per heavy atom. The number of benzene rings is 5. The number of rotatable bonds is 4. The molecule has 0 amide bonds. The molecule has 326 valence electrons. The number of hydrogen-bond donors (Lipinski definition) is 0. The van der Waals surface area contributed by atoms with E-state index in [1.807, 2.05) is 0 Å². The molecule has 6 aromatic rings. The van der Waals surface area contributed by atoms with Gasteiger partial charge >= 0.3 is 0 Å². The minimum Gasteiger partial charge on any atom is -0.310 e. The van der Waals surface area contributed by atoms with E-state index in [-0.39, 0.29) is 27.4 Å². The zero-order valence-corrected chi connectivity index (χ0v) is 40.0. The van der Waals surface area contributed by atoms with E-state index in [4.69, 9.17) is 4.98 Å². The molecule has 64 heavy (non-hydrogen) atoms. The molecule has 12 rings (SSSR count). The Morgan fingerprint density at radius 1 is 0.719 bits per heavy atom. The maximum absolute atomic E-state index is 5.79. The number of aromatic nitrogens is 2. The topological polar surface area (TPSA) is 23.0 Å². The zero-order valence-electron chi connectivity index (χ0n) is 40.0. The largest absolute Gasteiger partial charge is 0.310 e. The molecular formula is C60H68N4+2. The first-order valence-electron chi connectivity index (χ1n) is 25.0. The fourth-order valence-corrected chi connectivity index (χ4v) is 14.9. The first-order chi connectivity index (χ1) is 30.7. The molecule has 3 fully saturated rings. The lowest BCUT2D eigenvalue weighted by atomic mass is 9.73. The van der Waals surface area contributed by atoms with Gasteiger partial charge in [0.2, 0.25) is 5.54 Å². The van der Waals surface area contributed by atoms with Gasteiger partial charge in [0, 0.05) is 41.6 Å². The van der Waals surface area contributed by atoms with Crippen molar-refractivity contribution in [2.75, 3.05) is 0 Å². The predicted molar refractivity (Wildman–Crippen MR) is 265 cm³/mol. The van der Waals surface area contributed by atoms with Crippen LogP contribution < -0.4 is 4.57 Å². The monoisotopic (exact) mass is 845 g/mol. The first-order valence-corrected chi connectivity index (χ1v) is 25.0. The Morgan fingerprint density at radius 3 is 2.12 bits per heavy atom. The Bertz CT molecular complexity index is 2990. The highest BCUT2D eigenvalue weighted by Crippen LogP contribution is 2.76. The second-order valence-corrected chi connectivity index (χ2v) is 22.9. The lowest BCUT2D eigenvalue weighted by molar-refractivity contribution is -0.773. The van der Waals surface area contributed by atoms with Gasteiger partial charge in [0.05, 0.1) is 11.1 Å². The highest BCUT2D eigenvalue weighted by Gasteiger charge is 3.00. The van der Waals surface area contributed by atoms with Crippen LogP contribution in [0.2, 0.25) is 0 Å². The summed E-state index contributed by atoms with van der Waals surface area (Å²) < 4.78 is 5.78. The number of fused-ring (bicyclic) bond motifs is 15. The normalized spacial score (nSPS) is 26.1. The van der Waals surface area contributed by atoms with Crippen LogP contribution in [0.5, 0.6) is 0 Å². The zero-order chi connectivity index (χ0) is 44.1. The van der Waals surface area contributed by atoms with Crippen molar-refractivity contribution in [2.24, 2.45) is 0 Å². The molecule has 2 aliphatic heterocycles. The van der Waals surface area contributed by atoms with Crippen molar-refractivity contribution in [1.29, 1.82) is 0 Å². The number of hydrogen-bond acceptors (Lipinski definition) is 2. The van der Waals surface area contributed by atoms with E-state index in [1.165, 1.54) is 147 Å². The maximum atomic E-state index is 5.79. The molecule has 5 aromatic carbocycles. The smallest absolute Gasteiger partial charge is 0.297 e. The van der Waals surface area contributed by atoms with Crippen molar-refractivity contribution in [3.05, 3.63) is 137 Å². The van der Waals surface area contributed by atoms with Gasteiger partial charge in [-0.25, -0.2) is 9.14 Å². The third kappa shape index (κ3) is 5.04. The van der Waals surface area contributed by atoms with Gasteiger partial charge in [-0.3, -0.25) is 0 Å². The highest BCUT2D eigenvalue weighted by atomic mass is 15.5. The fraction of sp³-hybridized carbons (Fsp3) is 0.450. The van der Waals surface area contributed by atoms with Gasteiger partial charge in [-0.2, -0.15) is 0 Å². The molecule has 1 spiro atoms. The summed E-state index contributed by atoms with van der Waals surface area (Å²) in [6.45, 7) is 22.2. The average Bonchev–Trinajstić information content (AvgIpc) is 3.65. The van der Waals surface area contributed by atoms with Crippen molar-refractivity contribution >= 4 is 33.3 Å². The van der Waals surface area contributed by atoms with Crippen LogP contribution >= 0.6 is 0 Å². The van der Waals surface area contributed by atoms with Crippen LogP contribution in [0, 0.1) is 0 Å². The molecule has 3 unspecified atom stereocenters. The van der Waals surface area contributed by atoms with Gasteiger partial charge in [-0.1, -0.05) is 159 Å². The molecule has 0 bridgehead atoms. The summed E-state index contributed by atoms with van der Waals surface area (Å²) in [5, 5.41) is 5.39. The lowest BCUT2D eigenvalue weighted by Crippen LogP contribution is -2.64.